The van der Waals surface area contributed by atoms with E-state index in [2.05, 4.69) is 232 Å². The molecular weight excluding hydrogens is 762 g/mol. The molecule has 1 aliphatic rings. The molecule has 343 valence electrons. The largest absolute Gasteiger partial charge is 0.317 e. The molecule has 1 saturated carbocycles. The van der Waals surface area contributed by atoms with Crippen molar-refractivity contribution in [1.29, 1.82) is 0 Å². The molecule has 1 radical (unpaired) electrons. The molecule has 1 aromatic carbocycles. The molecule has 0 saturated heterocycles. The third-order valence-corrected chi connectivity index (χ3v) is 13.7. The first-order valence-corrected chi connectivity index (χ1v) is 23.2. The Labute approximate surface area is 392 Å². The minimum Gasteiger partial charge on any atom is -0.317 e. The predicted octanol–water partition coefficient (Wildman–Crippen LogP) is 20.1. The summed E-state index contributed by atoms with van der Waals surface area (Å²) in [6.45, 7) is 77.1. The van der Waals surface area contributed by atoms with Crippen molar-refractivity contribution in [3.05, 3.63) is 47.2 Å². The van der Waals surface area contributed by atoms with Crippen LogP contribution in [0.25, 0.3) is 0 Å². The van der Waals surface area contributed by atoms with Gasteiger partial charge in [-0.1, -0.05) is 232 Å². The molecule has 0 spiro atoms. The van der Waals surface area contributed by atoms with Crippen LogP contribution in [0, 0.1) is 68.0 Å². The Morgan fingerprint density at radius 1 is 0.421 bits per heavy atom. The minimum absolute atomic E-state index is 0. The van der Waals surface area contributed by atoms with E-state index in [-0.39, 0.29) is 43.5 Å². The van der Waals surface area contributed by atoms with Crippen LogP contribution < -0.4 is 0 Å². The van der Waals surface area contributed by atoms with E-state index in [1.54, 1.807) is 0 Å². The van der Waals surface area contributed by atoms with Gasteiger partial charge in [0, 0.05) is 32.7 Å². The van der Waals surface area contributed by atoms with Gasteiger partial charge in [-0.3, -0.25) is 0 Å². The number of benzene rings is 1. The first-order valence-electron chi connectivity index (χ1n) is 23.2. The molecule has 0 amide bonds. The van der Waals surface area contributed by atoms with Gasteiger partial charge in [-0.05, 0) is 79.1 Å². The fraction of sp³-hybridized carbons (Fsp3) is 0.857. The zero-order valence-electron chi connectivity index (χ0n) is 46.6. The minimum atomic E-state index is 0. The van der Waals surface area contributed by atoms with Crippen molar-refractivity contribution < 1.29 is 32.7 Å². The van der Waals surface area contributed by atoms with Gasteiger partial charge >= 0.3 is 0 Å². The molecule has 2 unspecified atom stereocenters. The summed E-state index contributed by atoms with van der Waals surface area (Å²) in [5.41, 5.74) is 5.77. The summed E-state index contributed by atoms with van der Waals surface area (Å²) in [6, 6.07) is 8.77. The summed E-state index contributed by atoms with van der Waals surface area (Å²) in [7, 11) is 0. The second-order valence-electron chi connectivity index (χ2n) is 24.8. The Morgan fingerprint density at radius 2 is 0.596 bits per heavy atom. The van der Waals surface area contributed by atoms with E-state index in [9.17, 15) is 0 Å². The standard InChI is InChI=1S/C14H22.C14H30.C12H24.2C6H13.2C2H6.Y/c1-13(2,3)11-9-7-8-10-12(11)14(4,5)6;1-11(2,3)13(7,8)14(9,10)12(4,5)6;1-11(2,3)9-7-8-10(9)12(4,5)6;2*1-5(2)6(3)4;2*1-2;/h7-10H,1-6H3;1-10H3;9-10H,7-8H2,1-6H3;2*5H,1-4H3;2*1-2H3;/q;;;2*-1;;;. The van der Waals surface area contributed by atoms with Gasteiger partial charge in [-0.15, -0.1) is 0 Å². The maximum absolute atomic E-state index is 2.40. The van der Waals surface area contributed by atoms with Gasteiger partial charge in [0.2, 0.25) is 0 Å². The van der Waals surface area contributed by atoms with Crippen LogP contribution in [0.1, 0.15) is 259 Å². The smallest absolute Gasteiger partial charge is 0 e. The van der Waals surface area contributed by atoms with Gasteiger partial charge in [0.1, 0.15) is 0 Å². The maximum Gasteiger partial charge on any atom is 0 e. The molecule has 0 aliphatic heterocycles. The molecule has 1 aliphatic carbocycles. The first-order chi connectivity index (χ1) is 24.5. The summed E-state index contributed by atoms with van der Waals surface area (Å²) in [5.74, 6) is 6.47. The molecule has 0 nitrogen and oxygen atoms in total. The Bertz CT molecular complexity index is 982. The fourth-order valence-corrected chi connectivity index (χ4v) is 6.24. The van der Waals surface area contributed by atoms with Crippen molar-refractivity contribution in [3.63, 3.8) is 0 Å². The molecule has 57 heavy (non-hydrogen) atoms. The van der Waals surface area contributed by atoms with E-state index >= 15 is 0 Å². The van der Waals surface area contributed by atoms with E-state index in [0.29, 0.717) is 32.5 Å². The fourth-order valence-electron chi connectivity index (χ4n) is 6.24. The normalized spacial score (nSPS) is 16.2. The molecule has 2 atom stereocenters. The van der Waals surface area contributed by atoms with E-state index in [4.69, 9.17) is 0 Å². The number of rotatable bonds is 3. The van der Waals surface area contributed by atoms with Crippen molar-refractivity contribution in [2.75, 3.05) is 0 Å². The van der Waals surface area contributed by atoms with E-state index < -0.39 is 0 Å². The topological polar surface area (TPSA) is 0 Å². The average molecular weight is 876 g/mol. The van der Waals surface area contributed by atoms with E-state index in [1.165, 1.54) is 35.8 Å². The molecule has 1 aromatic rings. The van der Waals surface area contributed by atoms with Crippen molar-refractivity contribution in [2.24, 2.45) is 56.2 Å². The summed E-state index contributed by atoms with van der Waals surface area (Å²) in [6.07, 6.45) is 2.90. The Balaban J connectivity index is -0.000000144. The third kappa shape index (κ3) is 26.4. The van der Waals surface area contributed by atoms with E-state index in [0.717, 1.165) is 23.7 Å². The van der Waals surface area contributed by atoms with Crippen LogP contribution in [0.5, 0.6) is 0 Å². The van der Waals surface area contributed by atoms with Crippen LogP contribution in [0.3, 0.4) is 0 Å². The van der Waals surface area contributed by atoms with Crippen molar-refractivity contribution in [3.8, 4) is 0 Å². The van der Waals surface area contributed by atoms with Crippen LogP contribution in [0.15, 0.2) is 24.3 Å². The number of hydrogen-bond donors (Lipinski definition) is 0. The van der Waals surface area contributed by atoms with Crippen molar-refractivity contribution in [1.82, 2.24) is 0 Å². The maximum atomic E-state index is 2.40. The van der Waals surface area contributed by atoms with Gasteiger partial charge < -0.3 is 11.8 Å². The van der Waals surface area contributed by atoms with Gasteiger partial charge in [0.05, 0.1) is 0 Å². The Morgan fingerprint density at radius 3 is 0.684 bits per heavy atom. The summed E-state index contributed by atoms with van der Waals surface area (Å²) < 4.78 is 0. The quantitative estimate of drug-likeness (QED) is 0.266. The van der Waals surface area contributed by atoms with Gasteiger partial charge in [-0.2, -0.15) is 39.5 Å². The molecule has 1 fully saturated rings. The van der Waals surface area contributed by atoms with Gasteiger partial charge in [0.15, 0.2) is 0 Å². The third-order valence-electron chi connectivity index (χ3n) is 13.7. The molecule has 0 heterocycles. The molecule has 0 aromatic heterocycles. The van der Waals surface area contributed by atoms with Crippen molar-refractivity contribution in [2.45, 2.75) is 259 Å². The Hall–Kier alpha value is 0.324. The Kier molecular flexibility index (Phi) is 34.0. The predicted molar refractivity (Wildman–Crippen MR) is 267 cm³/mol. The monoisotopic (exact) mass is 876 g/mol. The van der Waals surface area contributed by atoms with Crippen LogP contribution in [-0.2, 0) is 43.5 Å². The molecular formula is C56H114Y-2. The van der Waals surface area contributed by atoms with Gasteiger partial charge in [-0.25, -0.2) is 0 Å². The summed E-state index contributed by atoms with van der Waals surface area (Å²) >= 11 is 0. The number of hydrogen-bond acceptors (Lipinski definition) is 0. The second-order valence-corrected chi connectivity index (χ2v) is 24.8. The van der Waals surface area contributed by atoms with E-state index in [1.807, 2.05) is 27.7 Å². The summed E-state index contributed by atoms with van der Waals surface area (Å²) in [5, 5.41) is 0. The zero-order chi connectivity index (χ0) is 46.9. The zero-order valence-corrected chi connectivity index (χ0v) is 49.4. The molecule has 1 heteroatoms. The SMILES string of the molecule is CC.CC.CC(C)(C)C(C)(C)C(C)(C)C(C)(C)C.CC(C)(C)C1CCC1C(C)(C)C.CC(C)(C)c1ccccc1C(C)(C)C.C[C-](C)C(C)C.C[C-](C)C(C)C.[Y]. The van der Waals surface area contributed by atoms with Crippen LogP contribution in [-0.4, -0.2) is 0 Å². The molecule has 2 rings (SSSR count). The molecule has 0 N–H and O–H groups in total. The van der Waals surface area contributed by atoms with Crippen LogP contribution >= 0.6 is 0 Å². The summed E-state index contributed by atoms with van der Waals surface area (Å²) in [4.78, 5) is 0. The average Bonchev–Trinajstić information content (AvgIpc) is 2.96. The second kappa shape index (κ2) is 28.1. The first kappa shape index (κ1) is 69.0. The van der Waals surface area contributed by atoms with Crippen LogP contribution in [0.4, 0.5) is 0 Å². The van der Waals surface area contributed by atoms with Gasteiger partial charge in [0.25, 0.3) is 0 Å². The molecule has 0 bridgehead atoms. The van der Waals surface area contributed by atoms with Crippen molar-refractivity contribution >= 4 is 0 Å². The van der Waals surface area contributed by atoms with Crippen LogP contribution in [0.2, 0.25) is 0 Å².